The molecule has 2 N–H and O–H groups in total. The van der Waals surface area contributed by atoms with Gasteiger partial charge in [0.15, 0.2) is 0 Å². The molecule has 16 heavy (non-hydrogen) atoms. The maximum absolute atomic E-state index is 11.2. The smallest absolute Gasteiger partial charge is 0.233 e. The number of likely N-dealkylation sites (N-methyl/N-ethyl adjacent to an activating group) is 1. The van der Waals surface area contributed by atoms with E-state index in [1.165, 1.54) is 0 Å². The molecule has 0 saturated carbocycles. The lowest BCUT2D eigenvalue weighted by atomic mass is 10.3. The number of carbonyl (C=O) groups excluding carboxylic acids is 1. The fourth-order valence-corrected chi connectivity index (χ4v) is 1.66. The van der Waals surface area contributed by atoms with E-state index < -0.39 is 0 Å². The van der Waals surface area contributed by atoms with E-state index in [0.717, 1.165) is 52.4 Å². The van der Waals surface area contributed by atoms with Crippen molar-refractivity contribution in [2.75, 3.05) is 52.5 Å². The molecule has 94 valence electrons. The SMILES string of the molecule is CCNCC(=O)NCCCN1CCOCC1. The summed E-state index contributed by atoms with van der Waals surface area (Å²) in [6.07, 6.45) is 1.01. The van der Waals surface area contributed by atoms with E-state index in [9.17, 15) is 4.79 Å². The fourth-order valence-electron chi connectivity index (χ4n) is 1.66. The number of rotatable bonds is 7. The number of nitrogens with zero attached hydrogens (tertiary/aromatic N) is 1. The van der Waals surface area contributed by atoms with Crippen molar-refractivity contribution in [3.8, 4) is 0 Å². The van der Waals surface area contributed by atoms with Crippen LogP contribution in [0.2, 0.25) is 0 Å². The van der Waals surface area contributed by atoms with Crippen molar-refractivity contribution in [2.24, 2.45) is 0 Å². The molecule has 1 heterocycles. The Kier molecular flexibility index (Phi) is 7.12. The lowest BCUT2D eigenvalue weighted by molar-refractivity contribution is -0.120. The van der Waals surface area contributed by atoms with Crippen LogP contribution in [0.5, 0.6) is 0 Å². The van der Waals surface area contributed by atoms with Crippen LogP contribution >= 0.6 is 0 Å². The maximum Gasteiger partial charge on any atom is 0.233 e. The van der Waals surface area contributed by atoms with Gasteiger partial charge in [0, 0.05) is 19.6 Å². The molecule has 1 rings (SSSR count). The number of morpholine rings is 1. The van der Waals surface area contributed by atoms with Crippen molar-refractivity contribution in [3.63, 3.8) is 0 Å². The van der Waals surface area contributed by atoms with Crippen molar-refractivity contribution >= 4 is 5.91 Å². The van der Waals surface area contributed by atoms with Gasteiger partial charge in [0.25, 0.3) is 0 Å². The molecule has 0 aromatic heterocycles. The number of hydrogen-bond acceptors (Lipinski definition) is 4. The van der Waals surface area contributed by atoms with Gasteiger partial charge in [-0.1, -0.05) is 6.92 Å². The summed E-state index contributed by atoms with van der Waals surface area (Å²) in [5, 5.41) is 5.90. The largest absolute Gasteiger partial charge is 0.379 e. The topological polar surface area (TPSA) is 53.6 Å². The van der Waals surface area contributed by atoms with Crippen LogP contribution in [-0.4, -0.2) is 63.3 Å². The average molecular weight is 229 g/mol. The van der Waals surface area contributed by atoms with Gasteiger partial charge >= 0.3 is 0 Å². The number of hydrogen-bond donors (Lipinski definition) is 2. The molecule has 0 aromatic rings. The highest BCUT2D eigenvalue weighted by Crippen LogP contribution is 1.96. The molecule has 5 nitrogen and oxygen atoms in total. The van der Waals surface area contributed by atoms with E-state index in [0.29, 0.717) is 6.54 Å². The van der Waals surface area contributed by atoms with Gasteiger partial charge in [-0.2, -0.15) is 0 Å². The number of ether oxygens (including phenoxy) is 1. The van der Waals surface area contributed by atoms with E-state index in [-0.39, 0.29) is 5.91 Å². The van der Waals surface area contributed by atoms with Crippen LogP contribution in [0.15, 0.2) is 0 Å². The summed E-state index contributed by atoms with van der Waals surface area (Å²) in [4.78, 5) is 13.6. The first-order valence-corrected chi connectivity index (χ1v) is 6.10. The van der Waals surface area contributed by atoms with Crippen molar-refractivity contribution in [3.05, 3.63) is 0 Å². The number of amides is 1. The number of nitrogens with one attached hydrogen (secondary N) is 2. The minimum absolute atomic E-state index is 0.0869. The average Bonchev–Trinajstić information content (AvgIpc) is 2.33. The summed E-state index contributed by atoms with van der Waals surface area (Å²) in [6, 6.07) is 0. The standard InChI is InChI=1S/C11H23N3O2/c1-2-12-10-11(15)13-4-3-5-14-6-8-16-9-7-14/h12H,2-10H2,1H3,(H,13,15). The Morgan fingerprint density at radius 2 is 2.12 bits per heavy atom. The first kappa shape index (κ1) is 13.4. The zero-order valence-electron chi connectivity index (χ0n) is 10.1. The van der Waals surface area contributed by atoms with Gasteiger partial charge in [-0.25, -0.2) is 0 Å². The van der Waals surface area contributed by atoms with Gasteiger partial charge in [0.2, 0.25) is 5.91 Å². The molecule has 0 aliphatic carbocycles. The van der Waals surface area contributed by atoms with Crippen molar-refractivity contribution < 1.29 is 9.53 Å². The van der Waals surface area contributed by atoms with Gasteiger partial charge in [0.05, 0.1) is 19.8 Å². The Morgan fingerprint density at radius 3 is 2.81 bits per heavy atom. The molecule has 1 aliphatic rings. The molecule has 0 bridgehead atoms. The quantitative estimate of drug-likeness (QED) is 0.574. The lowest BCUT2D eigenvalue weighted by Gasteiger charge is -2.26. The van der Waals surface area contributed by atoms with Crippen molar-refractivity contribution in [2.45, 2.75) is 13.3 Å². The molecular weight excluding hydrogens is 206 g/mol. The highest BCUT2D eigenvalue weighted by Gasteiger charge is 2.09. The molecule has 1 aliphatic heterocycles. The van der Waals surface area contributed by atoms with E-state index in [1.54, 1.807) is 0 Å². The summed E-state index contributed by atoms with van der Waals surface area (Å²) in [5.41, 5.74) is 0. The third kappa shape index (κ3) is 6.05. The minimum atomic E-state index is 0.0869. The third-order valence-corrected chi connectivity index (χ3v) is 2.61. The zero-order valence-corrected chi connectivity index (χ0v) is 10.1. The second kappa shape index (κ2) is 8.50. The summed E-state index contributed by atoms with van der Waals surface area (Å²) in [7, 11) is 0. The Bertz CT molecular complexity index is 194. The van der Waals surface area contributed by atoms with Gasteiger partial charge in [-0.05, 0) is 19.5 Å². The summed E-state index contributed by atoms with van der Waals surface area (Å²) < 4.78 is 5.27. The Hall–Kier alpha value is -0.650. The molecule has 0 aromatic carbocycles. The summed E-state index contributed by atoms with van der Waals surface area (Å²) >= 11 is 0. The second-order valence-electron chi connectivity index (χ2n) is 3.94. The second-order valence-corrected chi connectivity index (χ2v) is 3.94. The fraction of sp³-hybridized carbons (Fsp3) is 0.909. The Morgan fingerprint density at radius 1 is 1.38 bits per heavy atom. The lowest BCUT2D eigenvalue weighted by Crippen LogP contribution is -2.39. The molecule has 0 radical (unpaired) electrons. The molecule has 1 saturated heterocycles. The molecular formula is C11H23N3O2. The third-order valence-electron chi connectivity index (χ3n) is 2.61. The normalized spacial score (nSPS) is 17.3. The zero-order chi connectivity index (χ0) is 11.6. The molecule has 0 atom stereocenters. The van der Waals surface area contributed by atoms with Gasteiger partial charge in [0.1, 0.15) is 0 Å². The molecule has 1 amide bonds. The monoisotopic (exact) mass is 229 g/mol. The van der Waals surface area contributed by atoms with Gasteiger partial charge in [-0.3, -0.25) is 9.69 Å². The minimum Gasteiger partial charge on any atom is -0.379 e. The van der Waals surface area contributed by atoms with E-state index in [4.69, 9.17) is 4.74 Å². The van der Waals surface area contributed by atoms with E-state index >= 15 is 0 Å². The highest BCUT2D eigenvalue weighted by molar-refractivity contribution is 5.77. The molecule has 0 spiro atoms. The maximum atomic E-state index is 11.2. The summed E-state index contributed by atoms with van der Waals surface area (Å²) in [5.74, 6) is 0.0869. The van der Waals surface area contributed by atoms with Crippen LogP contribution in [0, 0.1) is 0 Å². The molecule has 5 heteroatoms. The van der Waals surface area contributed by atoms with Crippen LogP contribution in [-0.2, 0) is 9.53 Å². The molecule has 0 unspecified atom stereocenters. The molecule has 1 fully saturated rings. The van der Waals surface area contributed by atoms with Crippen LogP contribution in [0.3, 0.4) is 0 Å². The van der Waals surface area contributed by atoms with Gasteiger partial charge < -0.3 is 15.4 Å². The van der Waals surface area contributed by atoms with Crippen LogP contribution in [0.1, 0.15) is 13.3 Å². The first-order valence-electron chi connectivity index (χ1n) is 6.10. The van der Waals surface area contributed by atoms with E-state index in [1.807, 2.05) is 6.92 Å². The summed E-state index contributed by atoms with van der Waals surface area (Å²) in [6.45, 7) is 8.78. The highest BCUT2D eigenvalue weighted by atomic mass is 16.5. The van der Waals surface area contributed by atoms with E-state index in [2.05, 4.69) is 15.5 Å². The van der Waals surface area contributed by atoms with Crippen LogP contribution in [0.4, 0.5) is 0 Å². The Labute approximate surface area is 97.5 Å². The Balaban J connectivity index is 1.92. The van der Waals surface area contributed by atoms with Gasteiger partial charge in [-0.15, -0.1) is 0 Å². The number of carbonyl (C=O) groups is 1. The van der Waals surface area contributed by atoms with Crippen molar-refractivity contribution in [1.29, 1.82) is 0 Å². The van der Waals surface area contributed by atoms with Crippen molar-refractivity contribution in [1.82, 2.24) is 15.5 Å². The predicted molar refractivity (Wildman–Crippen MR) is 63.4 cm³/mol. The van der Waals surface area contributed by atoms with Crippen LogP contribution < -0.4 is 10.6 Å². The van der Waals surface area contributed by atoms with Crippen LogP contribution in [0.25, 0.3) is 0 Å². The first-order chi connectivity index (χ1) is 7.83. The predicted octanol–water partition coefficient (Wildman–Crippen LogP) is -0.566.